The van der Waals surface area contributed by atoms with Gasteiger partial charge >= 0.3 is 0 Å². The van der Waals surface area contributed by atoms with Gasteiger partial charge in [0.15, 0.2) is 0 Å². The van der Waals surface area contributed by atoms with E-state index >= 15 is 0 Å². The molecular formula is C15H22N4S. The Morgan fingerprint density at radius 1 is 1.15 bits per heavy atom. The average Bonchev–Trinajstić information content (AvgIpc) is 2.98. The number of nitrogens with zero attached hydrogens (tertiary/aromatic N) is 3. The van der Waals surface area contributed by atoms with Crippen LogP contribution in [0.2, 0.25) is 0 Å². The lowest BCUT2D eigenvalue weighted by Gasteiger charge is -2.36. The lowest BCUT2D eigenvalue weighted by Crippen LogP contribution is -2.46. The van der Waals surface area contributed by atoms with Crippen LogP contribution >= 0.6 is 11.3 Å². The fourth-order valence-corrected chi connectivity index (χ4v) is 3.86. The molecule has 0 amide bonds. The molecule has 2 aromatic rings. The first kappa shape index (κ1) is 13.6. The van der Waals surface area contributed by atoms with Crippen molar-refractivity contribution in [2.24, 2.45) is 0 Å². The zero-order chi connectivity index (χ0) is 14.1. The Bertz CT molecular complexity index is 559. The predicted molar refractivity (Wildman–Crippen MR) is 84.6 cm³/mol. The molecular weight excluding hydrogens is 268 g/mol. The summed E-state index contributed by atoms with van der Waals surface area (Å²) < 4.78 is 0. The Labute approximate surface area is 124 Å². The van der Waals surface area contributed by atoms with Crippen LogP contribution in [0.4, 0.5) is 5.69 Å². The second-order valence-electron chi connectivity index (χ2n) is 5.56. The highest BCUT2D eigenvalue weighted by molar-refractivity contribution is 7.11. The topological polar surface area (TPSA) is 35.2 Å². The molecule has 0 atom stereocenters. The summed E-state index contributed by atoms with van der Waals surface area (Å²) in [7, 11) is 0. The summed E-state index contributed by atoms with van der Waals surface area (Å²) in [4.78, 5) is 7.89. The van der Waals surface area contributed by atoms with Crippen molar-refractivity contribution in [3.8, 4) is 0 Å². The number of H-pyrrole nitrogens is 1. The third-order valence-corrected chi connectivity index (χ3v) is 4.94. The van der Waals surface area contributed by atoms with E-state index in [1.807, 2.05) is 11.3 Å². The van der Waals surface area contributed by atoms with E-state index in [0.717, 1.165) is 38.4 Å². The molecule has 0 spiro atoms. The molecule has 5 heteroatoms. The van der Waals surface area contributed by atoms with Gasteiger partial charge in [-0.25, -0.2) is 0 Å². The van der Waals surface area contributed by atoms with Crippen LogP contribution in [0.3, 0.4) is 0 Å². The molecule has 1 aliphatic heterocycles. The van der Waals surface area contributed by atoms with Gasteiger partial charge in [-0.2, -0.15) is 5.10 Å². The molecule has 20 heavy (non-hydrogen) atoms. The number of piperazine rings is 1. The van der Waals surface area contributed by atoms with Crippen LogP contribution < -0.4 is 4.90 Å². The van der Waals surface area contributed by atoms with E-state index in [1.165, 1.54) is 21.1 Å². The van der Waals surface area contributed by atoms with Gasteiger partial charge in [-0.05, 0) is 32.9 Å². The summed E-state index contributed by atoms with van der Waals surface area (Å²) in [6, 6.07) is 4.48. The van der Waals surface area contributed by atoms with E-state index in [1.54, 1.807) is 0 Å². The minimum Gasteiger partial charge on any atom is -0.366 e. The number of hydrogen-bond donors (Lipinski definition) is 1. The SMILES string of the molecule is Cc1ccc(CN2CCN(c3c(C)n[nH]c3C)CC2)s1. The highest BCUT2D eigenvalue weighted by Gasteiger charge is 2.21. The summed E-state index contributed by atoms with van der Waals surface area (Å²) >= 11 is 1.91. The summed E-state index contributed by atoms with van der Waals surface area (Å²) in [5.74, 6) is 0. The van der Waals surface area contributed by atoms with Crippen LogP contribution in [-0.2, 0) is 6.54 Å². The van der Waals surface area contributed by atoms with Gasteiger partial charge in [0.1, 0.15) is 0 Å². The Kier molecular flexibility index (Phi) is 3.81. The highest BCUT2D eigenvalue weighted by atomic mass is 32.1. The molecule has 108 valence electrons. The van der Waals surface area contributed by atoms with Crippen molar-refractivity contribution < 1.29 is 0 Å². The summed E-state index contributed by atoms with van der Waals surface area (Å²) in [5, 5.41) is 7.39. The Hall–Kier alpha value is -1.33. The molecule has 0 saturated carbocycles. The van der Waals surface area contributed by atoms with E-state index in [0.29, 0.717) is 0 Å². The molecule has 1 fully saturated rings. The minimum absolute atomic E-state index is 1.09. The van der Waals surface area contributed by atoms with Crippen LogP contribution in [0.5, 0.6) is 0 Å². The molecule has 0 radical (unpaired) electrons. The lowest BCUT2D eigenvalue weighted by atomic mass is 10.2. The van der Waals surface area contributed by atoms with Crippen LogP contribution in [0.25, 0.3) is 0 Å². The number of rotatable bonds is 3. The quantitative estimate of drug-likeness (QED) is 0.944. The largest absolute Gasteiger partial charge is 0.366 e. The molecule has 1 aliphatic rings. The number of anilines is 1. The molecule has 0 aliphatic carbocycles. The fourth-order valence-electron chi connectivity index (χ4n) is 2.93. The maximum atomic E-state index is 4.30. The van der Waals surface area contributed by atoms with Gasteiger partial charge in [0, 0.05) is 42.5 Å². The Morgan fingerprint density at radius 3 is 2.45 bits per heavy atom. The van der Waals surface area contributed by atoms with Crippen molar-refractivity contribution in [2.45, 2.75) is 27.3 Å². The first-order valence-corrected chi connectivity index (χ1v) is 7.99. The Balaban J connectivity index is 1.60. The van der Waals surface area contributed by atoms with E-state index in [2.05, 4.69) is 52.9 Å². The molecule has 3 heterocycles. The summed E-state index contributed by atoms with van der Waals surface area (Å²) in [5.41, 5.74) is 3.60. The van der Waals surface area contributed by atoms with Crippen molar-refractivity contribution in [3.05, 3.63) is 33.3 Å². The molecule has 3 rings (SSSR count). The van der Waals surface area contributed by atoms with Gasteiger partial charge in [0.25, 0.3) is 0 Å². The van der Waals surface area contributed by atoms with Gasteiger partial charge in [0.05, 0.1) is 17.1 Å². The normalized spacial score (nSPS) is 16.9. The monoisotopic (exact) mass is 290 g/mol. The maximum Gasteiger partial charge on any atom is 0.0827 e. The van der Waals surface area contributed by atoms with Gasteiger partial charge in [-0.1, -0.05) is 0 Å². The zero-order valence-electron chi connectivity index (χ0n) is 12.4. The van der Waals surface area contributed by atoms with Crippen molar-refractivity contribution in [3.63, 3.8) is 0 Å². The smallest absolute Gasteiger partial charge is 0.0827 e. The maximum absolute atomic E-state index is 4.30. The van der Waals surface area contributed by atoms with E-state index in [-0.39, 0.29) is 0 Å². The van der Waals surface area contributed by atoms with Gasteiger partial charge in [-0.3, -0.25) is 10.00 Å². The van der Waals surface area contributed by atoms with Crippen LogP contribution in [0, 0.1) is 20.8 Å². The molecule has 4 nitrogen and oxygen atoms in total. The second kappa shape index (κ2) is 5.58. The van der Waals surface area contributed by atoms with Crippen molar-refractivity contribution in [1.82, 2.24) is 15.1 Å². The number of nitrogens with one attached hydrogen (secondary N) is 1. The standard InChI is InChI=1S/C15H22N4S/c1-11-4-5-14(20-11)10-18-6-8-19(9-7-18)15-12(2)16-17-13(15)3/h4-5H,6-10H2,1-3H3,(H,16,17). The van der Waals surface area contributed by atoms with Gasteiger partial charge < -0.3 is 4.90 Å². The van der Waals surface area contributed by atoms with E-state index in [9.17, 15) is 0 Å². The highest BCUT2D eigenvalue weighted by Crippen LogP contribution is 2.24. The number of hydrogen-bond acceptors (Lipinski definition) is 4. The van der Waals surface area contributed by atoms with Crippen LogP contribution in [-0.4, -0.2) is 41.3 Å². The van der Waals surface area contributed by atoms with Gasteiger partial charge in [0.2, 0.25) is 0 Å². The van der Waals surface area contributed by atoms with Gasteiger partial charge in [-0.15, -0.1) is 11.3 Å². The number of thiophene rings is 1. The number of aryl methyl sites for hydroxylation is 3. The zero-order valence-corrected chi connectivity index (χ0v) is 13.3. The first-order valence-electron chi connectivity index (χ1n) is 7.17. The molecule has 0 bridgehead atoms. The first-order chi connectivity index (χ1) is 9.63. The third kappa shape index (κ3) is 2.74. The third-order valence-electron chi connectivity index (χ3n) is 3.95. The molecule has 0 unspecified atom stereocenters. The van der Waals surface area contributed by atoms with Crippen molar-refractivity contribution in [2.75, 3.05) is 31.1 Å². The summed E-state index contributed by atoms with van der Waals surface area (Å²) in [6.45, 7) is 11.9. The summed E-state index contributed by atoms with van der Waals surface area (Å²) in [6.07, 6.45) is 0. The minimum atomic E-state index is 1.09. The molecule has 2 aromatic heterocycles. The lowest BCUT2D eigenvalue weighted by molar-refractivity contribution is 0.252. The number of aromatic amines is 1. The van der Waals surface area contributed by atoms with E-state index in [4.69, 9.17) is 0 Å². The van der Waals surface area contributed by atoms with Crippen LogP contribution in [0.15, 0.2) is 12.1 Å². The molecule has 1 N–H and O–H groups in total. The molecule has 1 saturated heterocycles. The second-order valence-corrected chi connectivity index (χ2v) is 6.93. The van der Waals surface area contributed by atoms with Crippen molar-refractivity contribution >= 4 is 17.0 Å². The van der Waals surface area contributed by atoms with Crippen LogP contribution in [0.1, 0.15) is 21.1 Å². The fraction of sp³-hybridized carbons (Fsp3) is 0.533. The average molecular weight is 290 g/mol. The predicted octanol–water partition coefficient (Wildman–Crippen LogP) is 2.72. The number of aromatic nitrogens is 2. The molecule has 0 aromatic carbocycles. The van der Waals surface area contributed by atoms with E-state index < -0.39 is 0 Å². The van der Waals surface area contributed by atoms with Crippen molar-refractivity contribution in [1.29, 1.82) is 0 Å². The Morgan fingerprint density at radius 2 is 1.90 bits per heavy atom.